The fourth-order valence-electron chi connectivity index (χ4n) is 0.667. The van der Waals surface area contributed by atoms with E-state index in [9.17, 15) is 0 Å². The van der Waals surface area contributed by atoms with E-state index >= 15 is 0 Å². The smallest absolute Gasteiger partial charge is 0.0300 e. The lowest BCUT2D eigenvalue weighted by Gasteiger charge is -2.12. The van der Waals surface area contributed by atoms with E-state index in [2.05, 4.69) is 0 Å². The second kappa shape index (κ2) is 3.49. The van der Waals surface area contributed by atoms with Crippen molar-refractivity contribution in [2.24, 2.45) is 23.3 Å². The van der Waals surface area contributed by atoms with Crippen LogP contribution in [0.1, 0.15) is 27.7 Å². The molecule has 0 amide bonds. The molecule has 0 heterocycles. The zero-order valence-corrected chi connectivity index (χ0v) is 7.31. The van der Waals surface area contributed by atoms with Crippen LogP contribution in [0.4, 0.5) is 0 Å². The van der Waals surface area contributed by atoms with Gasteiger partial charge in [0.2, 0.25) is 0 Å². The van der Waals surface area contributed by atoms with E-state index in [-0.39, 0.29) is 0 Å². The van der Waals surface area contributed by atoms with Crippen LogP contribution in [0.3, 0.4) is 0 Å². The first kappa shape index (κ1) is 9.34. The van der Waals surface area contributed by atoms with Crippen LogP contribution < -0.4 is 11.5 Å². The summed E-state index contributed by atoms with van der Waals surface area (Å²) in [7, 11) is 0. The van der Waals surface area contributed by atoms with Gasteiger partial charge in [-0.15, -0.1) is 0 Å². The third-order valence-electron chi connectivity index (χ3n) is 1.58. The normalized spacial score (nSPS) is 14.2. The van der Waals surface area contributed by atoms with Crippen molar-refractivity contribution in [3.8, 4) is 0 Å². The lowest BCUT2D eigenvalue weighted by atomic mass is 10.0. The predicted molar refractivity (Wildman–Crippen MR) is 45.1 cm³/mol. The molecular weight excluding hydrogens is 124 g/mol. The molecule has 0 fully saturated rings. The molecule has 4 N–H and O–H groups in total. The van der Waals surface area contributed by atoms with Gasteiger partial charge in [0.15, 0.2) is 0 Å². The summed E-state index contributed by atoms with van der Waals surface area (Å²) in [5.74, 6) is 0.727. The van der Waals surface area contributed by atoms with Crippen molar-refractivity contribution in [1.29, 1.82) is 0 Å². The maximum Gasteiger partial charge on any atom is 0.0300 e. The monoisotopic (exact) mass is 142 g/mol. The molecule has 2 nitrogen and oxygen atoms in total. The van der Waals surface area contributed by atoms with E-state index in [1.807, 2.05) is 27.7 Å². The highest BCUT2D eigenvalue weighted by atomic mass is 14.7. The number of nitrogens with two attached hydrogens (primary N) is 2. The Hall–Kier alpha value is -0.660. The summed E-state index contributed by atoms with van der Waals surface area (Å²) in [6.45, 7) is 8.18. The molecule has 0 rings (SSSR count). The van der Waals surface area contributed by atoms with Gasteiger partial charge in [0.25, 0.3) is 0 Å². The third-order valence-corrected chi connectivity index (χ3v) is 1.58. The Morgan fingerprint density at radius 3 is 1.10 bits per heavy atom. The van der Waals surface area contributed by atoms with Gasteiger partial charge in [-0.3, -0.25) is 0 Å². The second-order valence-electron chi connectivity index (χ2n) is 3.22. The molecule has 0 aliphatic heterocycles. The molecule has 0 aromatic rings. The van der Waals surface area contributed by atoms with Gasteiger partial charge in [-0.1, -0.05) is 27.7 Å². The van der Waals surface area contributed by atoms with Crippen molar-refractivity contribution < 1.29 is 0 Å². The van der Waals surface area contributed by atoms with Crippen LogP contribution in [0, 0.1) is 11.8 Å². The first-order valence-electron chi connectivity index (χ1n) is 3.71. The molecule has 0 saturated heterocycles. The average Bonchev–Trinajstić information content (AvgIpc) is 1.84. The number of allylic oxidation sites excluding steroid dienone is 2. The molecule has 0 unspecified atom stereocenters. The van der Waals surface area contributed by atoms with Gasteiger partial charge < -0.3 is 11.5 Å². The highest BCUT2D eigenvalue weighted by Crippen LogP contribution is 2.11. The number of hydrogen-bond donors (Lipinski definition) is 2. The van der Waals surface area contributed by atoms with Gasteiger partial charge in [0.05, 0.1) is 0 Å². The van der Waals surface area contributed by atoms with E-state index < -0.39 is 0 Å². The first-order valence-corrected chi connectivity index (χ1v) is 3.71. The summed E-state index contributed by atoms with van der Waals surface area (Å²) in [5.41, 5.74) is 13.1. The zero-order valence-electron chi connectivity index (χ0n) is 7.31. The Balaban J connectivity index is 4.34. The highest BCUT2D eigenvalue weighted by molar-refractivity contribution is 5.10. The van der Waals surface area contributed by atoms with Gasteiger partial charge >= 0.3 is 0 Å². The average molecular weight is 142 g/mol. The van der Waals surface area contributed by atoms with E-state index in [4.69, 9.17) is 11.5 Å². The number of rotatable bonds is 2. The fraction of sp³-hybridized carbons (Fsp3) is 0.750. The Bertz CT molecular complexity index is 118. The molecule has 0 aromatic carbocycles. The molecule has 0 spiro atoms. The van der Waals surface area contributed by atoms with Crippen molar-refractivity contribution in [1.82, 2.24) is 0 Å². The summed E-state index contributed by atoms with van der Waals surface area (Å²) < 4.78 is 0. The van der Waals surface area contributed by atoms with Crippen molar-refractivity contribution >= 4 is 0 Å². The lowest BCUT2D eigenvalue weighted by molar-refractivity contribution is 0.675. The second-order valence-corrected chi connectivity index (χ2v) is 3.22. The summed E-state index contributed by atoms with van der Waals surface area (Å²) in [6, 6.07) is 0. The summed E-state index contributed by atoms with van der Waals surface area (Å²) in [5, 5.41) is 0. The molecule has 2 heteroatoms. The van der Waals surface area contributed by atoms with Gasteiger partial charge in [0.1, 0.15) is 0 Å². The molecule has 0 atom stereocenters. The summed E-state index contributed by atoms with van der Waals surface area (Å²) >= 11 is 0. The maximum absolute atomic E-state index is 5.72. The molecular formula is C8H18N2. The van der Waals surface area contributed by atoms with Crippen molar-refractivity contribution in [2.75, 3.05) is 0 Å². The number of hydrogen-bond acceptors (Lipinski definition) is 2. The molecule has 0 aromatic heterocycles. The van der Waals surface area contributed by atoms with E-state index in [0.717, 1.165) is 11.4 Å². The van der Waals surface area contributed by atoms with Crippen LogP contribution >= 0.6 is 0 Å². The SMILES string of the molecule is CC(C)/C(N)=C(\N)C(C)C. The quantitative estimate of drug-likeness (QED) is 0.612. The van der Waals surface area contributed by atoms with Crippen molar-refractivity contribution in [2.45, 2.75) is 27.7 Å². The zero-order chi connectivity index (χ0) is 8.31. The van der Waals surface area contributed by atoms with Gasteiger partial charge in [-0.05, 0) is 11.8 Å². The lowest BCUT2D eigenvalue weighted by Crippen LogP contribution is -2.18. The largest absolute Gasteiger partial charge is 0.400 e. The third kappa shape index (κ3) is 2.29. The van der Waals surface area contributed by atoms with E-state index in [0.29, 0.717) is 11.8 Å². The summed E-state index contributed by atoms with van der Waals surface area (Å²) in [6.07, 6.45) is 0. The Morgan fingerprint density at radius 1 is 0.800 bits per heavy atom. The fourth-order valence-corrected chi connectivity index (χ4v) is 0.667. The minimum Gasteiger partial charge on any atom is -0.400 e. The summed E-state index contributed by atoms with van der Waals surface area (Å²) in [4.78, 5) is 0. The topological polar surface area (TPSA) is 52.0 Å². The standard InChI is InChI=1S/C8H18N2/c1-5(2)7(9)8(10)6(3)4/h5-6H,9-10H2,1-4H3/b8-7+. The molecule has 0 radical (unpaired) electrons. The van der Waals surface area contributed by atoms with Crippen molar-refractivity contribution in [3.05, 3.63) is 11.4 Å². The molecule has 60 valence electrons. The molecule has 0 bridgehead atoms. The van der Waals surface area contributed by atoms with Crippen LogP contribution in [-0.2, 0) is 0 Å². The van der Waals surface area contributed by atoms with Crippen LogP contribution in [0.5, 0.6) is 0 Å². The van der Waals surface area contributed by atoms with E-state index in [1.165, 1.54) is 0 Å². The highest BCUT2D eigenvalue weighted by Gasteiger charge is 2.05. The van der Waals surface area contributed by atoms with Crippen LogP contribution in [0.15, 0.2) is 11.4 Å². The van der Waals surface area contributed by atoms with Crippen LogP contribution in [0.2, 0.25) is 0 Å². The van der Waals surface area contributed by atoms with Crippen LogP contribution in [0.25, 0.3) is 0 Å². The van der Waals surface area contributed by atoms with Crippen molar-refractivity contribution in [3.63, 3.8) is 0 Å². The predicted octanol–water partition coefficient (Wildman–Crippen LogP) is 1.43. The molecule has 0 aliphatic carbocycles. The molecule has 0 saturated carbocycles. The van der Waals surface area contributed by atoms with Crippen LogP contribution in [-0.4, -0.2) is 0 Å². The minimum absolute atomic E-state index is 0.363. The van der Waals surface area contributed by atoms with Gasteiger partial charge in [-0.2, -0.15) is 0 Å². The minimum atomic E-state index is 0.363. The van der Waals surface area contributed by atoms with Gasteiger partial charge in [0, 0.05) is 11.4 Å². The van der Waals surface area contributed by atoms with E-state index in [1.54, 1.807) is 0 Å². The maximum atomic E-state index is 5.72. The first-order chi connectivity index (χ1) is 4.46. The molecule has 10 heavy (non-hydrogen) atoms. The Labute approximate surface area is 63.3 Å². The Morgan fingerprint density at radius 2 is 1.00 bits per heavy atom. The van der Waals surface area contributed by atoms with Gasteiger partial charge in [-0.25, -0.2) is 0 Å². The Kier molecular flexibility index (Phi) is 3.26. The molecule has 0 aliphatic rings.